The molecule has 0 saturated heterocycles. The molecule has 2 aliphatic carbocycles. The molecule has 3 nitrogen and oxygen atoms in total. The normalized spacial score (nSPS) is 24.8. The number of carbonyl (C=O) groups excluding carboxylic acids is 1. The highest BCUT2D eigenvalue weighted by molar-refractivity contribution is 5.75. The fourth-order valence-corrected chi connectivity index (χ4v) is 1.84. The number of carbonyl (C=O) groups is 1. The first-order valence-electron chi connectivity index (χ1n) is 4.83. The summed E-state index contributed by atoms with van der Waals surface area (Å²) in [5.41, 5.74) is 0.221. The van der Waals surface area contributed by atoms with E-state index in [-0.39, 0.29) is 11.6 Å². The van der Waals surface area contributed by atoms with Crippen molar-refractivity contribution in [3.05, 3.63) is 0 Å². The second-order valence-corrected chi connectivity index (χ2v) is 3.91. The Morgan fingerprint density at radius 3 is 2.58 bits per heavy atom. The summed E-state index contributed by atoms with van der Waals surface area (Å²) in [7, 11) is 0. The lowest BCUT2D eigenvalue weighted by Crippen LogP contribution is -2.44. The van der Waals surface area contributed by atoms with Crippen LogP contribution in [0.1, 0.15) is 32.6 Å². The minimum atomic E-state index is 0.0156. The van der Waals surface area contributed by atoms with Crippen molar-refractivity contribution < 1.29 is 4.79 Å². The summed E-state index contributed by atoms with van der Waals surface area (Å²) >= 11 is 0. The van der Waals surface area contributed by atoms with Crippen molar-refractivity contribution in [1.29, 1.82) is 0 Å². The molecule has 2 rings (SSSR count). The Balaban J connectivity index is 1.81. The molecule has 0 atom stereocenters. The van der Waals surface area contributed by atoms with Crippen LogP contribution < -0.4 is 10.6 Å². The molecular formula is C9H16N2O. The first-order chi connectivity index (χ1) is 5.77. The number of amides is 2. The van der Waals surface area contributed by atoms with Gasteiger partial charge < -0.3 is 10.6 Å². The third-order valence-corrected chi connectivity index (χ3v) is 2.85. The van der Waals surface area contributed by atoms with Crippen molar-refractivity contribution in [2.75, 3.05) is 6.54 Å². The Labute approximate surface area is 72.9 Å². The maximum Gasteiger partial charge on any atom is 0.315 e. The van der Waals surface area contributed by atoms with Crippen molar-refractivity contribution in [2.45, 2.75) is 38.1 Å². The van der Waals surface area contributed by atoms with Crippen LogP contribution in [-0.4, -0.2) is 18.1 Å². The van der Waals surface area contributed by atoms with Crippen LogP contribution in [0.4, 0.5) is 4.79 Å². The average molecular weight is 168 g/mol. The third-order valence-electron chi connectivity index (χ3n) is 2.85. The standard InChI is InChI=1S/C9H16N2O/c1-2-10-8(12)11-9(5-6-9)7-3-4-7/h7H,2-6H2,1H3,(H2,10,11,12). The largest absolute Gasteiger partial charge is 0.338 e. The molecule has 0 aliphatic heterocycles. The molecule has 2 saturated carbocycles. The molecule has 0 aromatic carbocycles. The van der Waals surface area contributed by atoms with E-state index in [2.05, 4.69) is 10.6 Å². The summed E-state index contributed by atoms with van der Waals surface area (Å²) in [5, 5.41) is 5.85. The number of nitrogens with one attached hydrogen (secondary N) is 2. The molecular weight excluding hydrogens is 152 g/mol. The van der Waals surface area contributed by atoms with Crippen LogP contribution in [0.15, 0.2) is 0 Å². The second kappa shape index (κ2) is 2.64. The van der Waals surface area contributed by atoms with Crippen LogP contribution in [0.2, 0.25) is 0 Å². The summed E-state index contributed by atoms with van der Waals surface area (Å²) in [6, 6.07) is 0.0156. The van der Waals surface area contributed by atoms with Gasteiger partial charge in [-0.1, -0.05) is 0 Å². The molecule has 0 aromatic heterocycles. The molecule has 0 spiro atoms. The second-order valence-electron chi connectivity index (χ2n) is 3.91. The molecule has 2 aliphatic rings. The minimum absolute atomic E-state index is 0.0156. The van der Waals surface area contributed by atoms with Crippen molar-refractivity contribution in [1.82, 2.24) is 10.6 Å². The van der Waals surface area contributed by atoms with E-state index < -0.39 is 0 Å². The lowest BCUT2D eigenvalue weighted by atomic mass is 10.1. The molecule has 0 radical (unpaired) electrons. The van der Waals surface area contributed by atoms with Crippen molar-refractivity contribution in [2.24, 2.45) is 5.92 Å². The van der Waals surface area contributed by atoms with Gasteiger partial charge in [0, 0.05) is 12.1 Å². The van der Waals surface area contributed by atoms with Gasteiger partial charge in [-0.3, -0.25) is 0 Å². The highest BCUT2D eigenvalue weighted by atomic mass is 16.2. The number of rotatable bonds is 3. The highest BCUT2D eigenvalue weighted by Gasteiger charge is 2.54. The van der Waals surface area contributed by atoms with E-state index in [1.807, 2.05) is 6.92 Å². The van der Waals surface area contributed by atoms with E-state index in [1.165, 1.54) is 25.7 Å². The quantitative estimate of drug-likeness (QED) is 0.654. The maximum absolute atomic E-state index is 11.2. The SMILES string of the molecule is CCNC(=O)NC1(C2CC2)CC1. The van der Waals surface area contributed by atoms with Gasteiger partial charge in [-0.05, 0) is 38.5 Å². The topological polar surface area (TPSA) is 41.1 Å². The molecule has 0 unspecified atom stereocenters. The molecule has 12 heavy (non-hydrogen) atoms. The van der Waals surface area contributed by atoms with E-state index in [0.29, 0.717) is 6.54 Å². The molecule has 2 amide bonds. The van der Waals surface area contributed by atoms with Gasteiger partial charge >= 0.3 is 6.03 Å². The van der Waals surface area contributed by atoms with Crippen LogP contribution in [0.5, 0.6) is 0 Å². The van der Waals surface area contributed by atoms with E-state index in [4.69, 9.17) is 0 Å². The molecule has 2 N–H and O–H groups in total. The average Bonchev–Trinajstić information content (AvgIpc) is 2.82. The van der Waals surface area contributed by atoms with Crippen LogP contribution in [-0.2, 0) is 0 Å². The van der Waals surface area contributed by atoms with Gasteiger partial charge in [0.15, 0.2) is 0 Å². The summed E-state index contributed by atoms with van der Waals surface area (Å²) in [6.07, 6.45) is 5.00. The fraction of sp³-hybridized carbons (Fsp3) is 0.889. The van der Waals surface area contributed by atoms with Gasteiger partial charge in [0.25, 0.3) is 0 Å². The maximum atomic E-state index is 11.2. The Morgan fingerprint density at radius 2 is 2.17 bits per heavy atom. The van der Waals surface area contributed by atoms with Gasteiger partial charge in [0.05, 0.1) is 0 Å². The summed E-state index contributed by atoms with van der Waals surface area (Å²) < 4.78 is 0. The zero-order valence-corrected chi connectivity index (χ0v) is 7.52. The summed E-state index contributed by atoms with van der Waals surface area (Å²) in [6.45, 7) is 2.66. The Bertz CT molecular complexity index is 195. The zero-order valence-electron chi connectivity index (χ0n) is 7.52. The first-order valence-corrected chi connectivity index (χ1v) is 4.83. The van der Waals surface area contributed by atoms with E-state index in [0.717, 1.165) is 5.92 Å². The van der Waals surface area contributed by atoms with Crippen molar-refractivity contribution in [3.8, 4) is 0 Å². The molecule has 0 bridgehead atoms. The smallest absolute Gasteiger partial charge is 0.315 e. The highest BCUT2D eigenvalue weighted by Crippen LogP contribution is 2.53. The Morgan fingerprint density at radius 1 is 1.50 bits per heavy atom. The van der Waals surface area contributed by atoms with Crippen LogP contribution in [0.25, 0.3) is 0 Å². The van der Waals surface area contributed by atoms with Gasteiger partial charge in [-0.15, -0.1) is 0 Å². The number of hydrogen-bond acceptors (Lipinski definition) is 1. The third kappa shape index (κ3) is 1.40. The van der Waals surface area contributed by atoms with Gasteiger partial charge in [0.1, 0.15) is 0 Å². The molecule has 68 valence electrons. The van der Waals surface area contributed by atoms with Crippen LogP contribution in [0.3, 0.4) is 0 Å². The molecule has 0 heterocycles. The summed E-state index contributed by atoms with van der Waals surface area (Å²) in [4.78, 5) is 11.2. The lowest BCUT2D eigenvalue weighted by Gasteiger charge is -2.16. The van der Waals surface area contributed by atoms with Gasteiger partial charge in [-0.25, -0.2) is 4.79 Å². The van der Waals surface area contributed by atoms with E-state index in [9.17, 15) is 4.79 Å². The molecule has 2 fully saturated rings. The molecule has 0 aromatic rings. The minimum Gasteiger partial charge on any atom is -0.338 e. The predicted octanol–water partition coefficient (Wildman–Crippen LogP) is 1.25. The van der Waals surface area contributed by atoms with Crippen molar-refractivity contribution in [3.63, 3.8) is 0 Å². The van der Waals surface area contributed by atoms with Gasteiger partial charge in [0.2, 0.25) is 0 Å². The van der Waals surface area contributed by atoms with Crippen LogP contribution in [0, 0.1) is 5.92 Å². The molecule has 3 heteroatoms. The predicted molar refractivity (Wildman–Crippen MR) is 46.9 cm³/mol. The van der Waals surface area contributed by atoms with E-state index >= 15 is 0 Å². The van der Waals surface area contributed by atoms with Crippen LogP contribution >= 0.6 is 0 Å². The summed E-state index contributed by atoms with van der Waals surface area (Å²) in [5.74, 6) is 0.792. The Kier molecular flexibility index (Phi) is 1.74. The zero-order chi connectivity index (χ0) is 8.60. The number of urea groups is 1. The monoisotopic (exact) mass is 168 g/mol. The Hall–Kier alpha value is -0.730. The fourth-order valence-electron chi connectivity index (χ4n) is 1.84. The van der Waals surface area contributed by atoms with Crippen molar-refractivity contribution >= 4 is 6.03 Å². The lowest BCUT2D eigenvalue weighted by molar-refractivity contribution is 0.234. The number of hydrogen-bond donors (Lipinski definition) is 2. The first kappa shape index (κ1) is 7.90. The van der Waals surface area contributed by atoms with Gasteiger partial charge in [-0.2, -0.15) is 0 Å². The van der Waals surface area contributed by atoms with E-state index in [1.54, 1.807) is 0 Å².